The minimum Gasteiger partial charge on any atom is -0.505 e. The molecule has 0 spiro atoms. The third kappa shape index (κ3) is 2.00. The molecule has 0 heterocycles. The maximum absolute atomic E-state index is 12.9. The van der Waals surface area contributed by atoms with Crippen LogP contribution >= 0.6 is 0 Å². The molecule has 0 unspecified atom stereocenters. The van der Waals surface area contributed by atoms with Gasteiger partial charge in [-0.15, -0.1) is 0 Å². The number of hydrogen-bond acceptors (Lipinski definition) is 1. The van der Waals surface area contributed by atoms with E-state index in [0.29, 0.717) is 0 Å². The number of phenolic OH excluding ortho intramolecular Hbond substituents is 1. The first-order valence-corrected chi connectivity index (χ1v) is 4.32. The summed E-state index contributed by atoms with van der Waals surface area (Å²) in [6, 6.07) is 2.88. The van der Waals surface area contributed by atoms with Crippen LogP contribution in [0.15, 0.2) is 12.1 Å². The molecule has 13 heavy (non-hydrogen) atoms. The first kappa shape index (κ1) is 10.0. The van der Waals surface area contributed by atoms with E-state index in [-0.39, 0.29) is 11.2 Å². The fraction of sp³-hybridized carbons (Fsp3) is 0.455. The lowest BCUT2D eigenvalue weighted by Crippen LogP contribution is -2.13. The molecular formula is C11H15FO. The van der Waals surface area contributed by atoms with Gasteiger partial charge in [0.1, 0.15) is 0 Å². The van der Waals surface area contributed by atoms with E-state index >= 15 is 0 Å². The molecule has 0 amide bonds. The summed E-state index contributed by atoms with van der Waals surface area (Å²) in [6.07, 6.45) is 0. The lowest BCUT2D eigenvalue weighted by molar-refractivity contribution is 0.428. The molecule has 72 valence electrons. The van der Waals surface area contributed by atoms with E-state index < -0.39 is 5.82 Å². The van der Waals surface area contributed by atoms with E-state index in [2.05, 4.69) is 0 Å². The fourth-order valence-electron chi connectivity index (χ4n) is 1.47. The van der Waals surface area contributed by atoms with Gasteiger partial charge in [0.05, 0.1) is 0 Å². The van der Waals surface area contributed by atoms with Gasteiger partial charge >= 0.3 is 0 Å². The number of benzene rings is 1. The van der Waals surface area contributed by atoms with Gasteiger partial charge in [-0.05, 0) is 35.6 Å². The standard InChI is InChI=1S/C11H15FO/c1-7-5-9(12)10(13)6-8(7)11(2,3)4/h5-6,13H,1-4H3. The minimum absolute atomic E-state index is 0.0603. The van der Waals surface area contributed by atoms with Crippen LogP contribution in [0.4, 0.5) is 4.39 Å². The van der Waals surface area contributed by atoms with Crippen LogP contribution in [0.25, 0.3) is 0 Å². The van der Waals surface area contributed by atoms with E-state index in [1.807, 2.05) is 27.7 Å². The molecular weight excluding hydrogens is 167 g/mol. The SMILES string of the molecule is Cc1cc(F)c(O)cc1C(C)(C)C. The molecule has 0 atom stereocenters. The summed E-state index contributed by atoms with van der Waals surface area (Å²) in [5, 5.41) is 9.21. The Morgan fingerprint density at radius 3 is 2.23 bits per heavy atom. The summed E-state index contributed by atoms with van der Waals surface area (Å²) in [6.45, 7) is 7.95. The van der Waals surface area contributed by atoms with Crippen molar-refractivity contribution < 1.29 is 9.50 Å². The Kier molecular flexibility index (Phi) is 2.33. The number of aryl methyl sites for hydroxylation is 1. The highest BCUT2D eigenvalue weighted by Crippen LogP contribution is 2.30. The zero-order chi connectivity index (χ0) is 10.2. The second-order valence-corrected chi connectivity index (χ2v) is 4.37. The monoisotopic (exact) mass is 182 g/mol. The summed E-state index contributed by atoms with van der Waals surface area (Å²) in [7, 11) is 0. The number of halogens is 1. The summed E-state index contributed by atoms with van der Waals surface area (Å²) < 4.78 is 12.9. The van der Waals surface area contributed by atoms with Crippen LogP contribution in [0.5, 0.6) is 5.75 Å². The van der Waals surface area contributed by atoms with E-state index in [0.717, 1.165) is 11.1 Å². The van der Waals surface area contributed by atoms with Crippen molar-refractivity contribution in [2.75, 3.05) is 0 Å². The van der Waals surface area contributed by atoms with E-state index in [1.165, 1.54) is 12.1 Å². The Morgan fingerprint density at radius 1 is 1.23 bits per heavy atom. The molecule has 0 aromatic heterocycles. The van der Waals surface area contributed by atoms with Gasteiger partial charge in [0.2, 0.25) is 0 Å². The van der Waals surface area contributed by atoms with Gasteiger partial charge in [-0.2, -0.15) is 0 Å². The van der Waals surface area contributed by atoms with Crippen molar-refractivity contribution in [2.24, 2.45) is 0 Å². The number of aromatic hydroxyl groups is 1. The fourth-order valence-corrected chi connectivity index (χ4v) is 1.47. The minimum atomic E-state index is -0.550. The van der Waals surface area contributed by atoms with Crippen molar-refractivity contribution in [2.45, 2.75) is 33.1 Å². The summed E-state index contributed by atoms with van der Waals surface area (Å²) in [4.78, 5) is 0. The maximum Gasteiger partial charge on any atom is 0.165 e. The van der Waals surface area contributed by atoms with Crippen LogP contribution in [0, 0.1) is 12.7 Å². The van der Waals surface area contributed by atoms with Gasteiger partial charge in [0, 0.05) is 0 Å². The molecule has 1 aromatic carbocycles. The zero-order valence-electron chi connectivity index (χ0n) is 8.48. The summed E-state index contributed by atoms with van der Waals surface area (Å²) >= 11 is 0. The van der Waals surface area contributed by atoms with Gasteiger partial charge in [-0.3, -0.25) is 0 Å². The van der Waals surface area contributed by atoms with Gasteiger partial charge < -0.3 is 5.11 Å². The van der Waals surface area contributed by atoms with E-state index in [1.54, 1.807) is 0 Å². The molecule has 0 bridgehead atoms. The average molecular weight is 182 g/mol. The van der Waals surface area contributed by atoms with Crippen LogP contribution in [0.1, 0.15) is 31.9 Å². The third-order valence-electron chi connectivity index (χ3n) is 2.10. The number of phenols is 1. The van der Waals surface area contributed by atoms with Crippen molar-refractivity contribution in [1.82, 2.24) is 0 Å². The Morgan fingerprint density at radius 2 is 1.77 bits per heavy atom. The molecule has 1 N–H and O–H groups in total. The molecule has 1 nitrogen and oxygen atoms in total. The van der Waals surface area contributed by atoms with Crippen molar-refractivity contribution in [1.29, 1.82) is 0 Å². The second-order valence-electron chi connectivity index (χ2n) is 4.37. The molecule has 0 saturated carbocycles. The Labute approximate surface area is 78.2 Å². The predicted octanol–water partition coefficient (Wildman–Crippen LogP) is 3.14. The van der Waals surface area contributed by atoms with Gasteiger partial charge in [-0.1, -0.05) is 20.8 Å². The highest BCUT2D eigenvalue weighted by atomic mass is 19.1. The second kappa shape index (κ2) is 3.02. The first-order chi connectivity index (χ1) is 5.82. The molecule has 0 aliphatic carbocycles. The summed E-state index contributed by atoms with van der Waals surface area (Å²) in [5.74, 6) is -0.818. The molecule has 0 aliphatic heterocycles. The summed E-state index contributed by atoms with van der Waals surface area (Å²) in [5.41, 5.74) is 1.80. The van der Waals surface area contributed by atoms with Crippen molar-refractivity contribution in [3.05, 3.63) is 29.1 Å². The molecule has 2 heteroatoms. The quantitative estimate of drug-likeness (QED) is 0.653. The third-order valence-corrected chi connectivity index (χ3v) is 2.10. The molecule has 0 radical (unpaired) electrons. The molecule has 1 aromatic rings. The van der Waals surface area contributed by atoms with Crippen molar-refractivity contribution in [3.8, 4) is 5.75 Å². The van der Waals surface area contributed by atoms with Crippen LogP contribution < -0.4 is 0 Å². The number of hydrogen-bond donors (Lipinski definition) is 1. The van der Waals surface area contributed by atoms with Crippen molar-refractivity contribution >= 4 is 0 Å². The molecule has 0 saturated heterocycles. The Bertz CT molecular complexity index is 324. The smallest absolute Gasteiger partial charge is 0.165 e. The average Bonchev–Trinajstić information content (AvgIpc) is 1.94. The maximum atomic E-state index is 12.9. The van der Waals surface area contributed by atoms with Gasteiger partial charge in [0.25, 0.3) is 0 Å². The zero-order valence-corrected chi connectivity index (χ0v) is 8.48. The lowest BCUT2D eigenvalue weighted by atomic mass is 9.84. The predicted molar refractivity (Wildman–Crippen MR) is 51.5 cm³/mol. The van der Waals surface area contributed by atoms with Crippen LogP contribution in [-0.4, -0.2) is 5.11 Å². The first-order valence-electron chi connectivity index (χ1n) is 4.32. The number of rotatable bonds is 0. The van der Waals surface area contributed by atoms with Gasteiger partial charge in [-0.25, -0.2) is 4.39 Å². The molecule has 0 fully saturated rings. The molecule has 1 rings (SSSR count). The van der Waals surface area contributed by atoms with Crippen LogP contribution in [0.3, 0.4) is 0 Å². The van der Waals surface area contributed by atoms with Gasteiger partial charge in [0.15, 0.2) is 11.6 Å². The Hall–Kier alpha value is -1.05. The highest BCUT2D eigenvalue weighted by molar-refractivity contribution is 5.39. The largest absolute Gasteiger partial charge is 0.505 e. The van der Waals surface area contributed by atoms with E-state index in [4.69, 9.17) is 0 Å². The van der Waals surface area contributed by atoms with Crippen LogP contribution in [-0.2, 0) is 5.41 Å². The van der Waals surface area contributed by atoms with E-state index in [9.17, 15) is 9.50 Å². The lowest BCUT2D eigenvalue weighted by Gasteiger charge is -2.21. The topological polar surface area (TPSA) is 20.2 Å². The molecule has 0 aliphatic rings. The Balaban J connectivity index is 3.32. The van der Waals surface area contributed by atoms with Crippen molar-refractivity contribution in [3.63, 3.8) is 0 Å². The highest BCUT2D eigenvalue weighted by Gasteiger charge is 2.18. The normalized spacial score (nSPS) is 11.8. The van der Waals surface area contributed by atoms with Crippen LogP contribution in [0.2, 0.25) is 0 Å².